The Balaban J connectivity index is 2.41. The van der Waals surface area contributed by atoms with E-state index in [4.69, 9.17) is 10.5 Å². The molecular weight excluding hydrogens is 238 g/mol. The molecule has 2 rings (SSSR count). The summed E-state index contributed by atoms with van der Waals surface area (Å²) >= 11 is 0. The summed E-state index contributed by atoms with van der Waals surface area (Å²) in [6.45, 7) is 5.03. The van der Waals surface area contributed by atoms with Crippen LogP contribution in [0, 0.1) is 6.92 Å². The number of aromatic nitrogens is 2. The van der Waals surface area contributed by atoms with E-state index in [1.54, 1.807) is 13.3 Å². The SMILES string of the molecule is CCCn1ncc(OC)c1C(N)c1cccc(C)c1. The summed E-state index contributed by atoms with van der Waals surface area (Å²) in [6.07, 6.45) is 2.75. The number of aryl methyl sites for hydroxylation is 2. The summed E-state index contributed by atoms with van der Waals surface area (Å²) in [7, 11) is 1.65. The van der Waals surface area contributed by atoms with Gasteiger partial charge in [0.1, 0.15) is 5.69 Å². The van der Waals surface area contributed by atoms with Crippen LogP contribution in [0.1, 0.15) is 36.2 Å². The molecule has 0 saturated carbocycles. The largest absolute Gasteiger partial charge is 0.493 e. The van der Waals surface area contributed by atoms with Gasteiger partial charge in [-0.05, 0) is 18.9 Å². The fourth-order valence-corrected chi connectivity index (χ4v) is 2.26. The zero-order chi connectivity index (χ0) is 13.8. The molecule has 0 bridgehead atoms. The summed E-state index contributed by atoms with van der Waals surface area (Å²) in [5.74, 6) is 0.752. The van der Waals surface area contributed by atoms with E-state index in [0.29, 0.717) is 0 Å². The molecule has 4 nitrogen and oxygen atoms in total. The molecule has 102 valence electrons. The lowest BCUT2D eigenvalue weighted by Crippen LogP contribution is -2.18. The third-order valence-electron chi connectivity index (χ3n) is 3.20. The Morgan fingerprint density at radius 1 is 1.42 bits per heavy atom. The van der Waals surface area contributed by atoms with Crippen LogP contribution in [-0.4, -0.2) is 16.9 Å². The van der Waals surface area contributed by atoms with Crippen molar-refractivity contribution in [3.8, 4) is 5.75 Å². The van der Waals surface area contributed by atoms with E-state index in [0.717, 1.165) is 30.0 Å². The van der Waals surface area contributed by atoms with E-state index in [1.807, 2.05) is 16.8 Å². The van der Waals surface area contributed by atoms with Gasteiger partial charge in [0, 0.05) is 6.54 Å². The maximum atomic E-state index is 6.40. The molecule has 1 unspecified atom stereocenters. The Labute approximate surface area is 114 Å². The van der Waals surface area contributed by atoms with Gasteiger partial charge in [0.05, 0.1) is 19.3 Å². The number of hydrogen-bond donors (Lipinski definition) is 1. The lowest BCUT2D eigenvalue weighted by molar-refractivity contribution is 0.404. The number of rotatable bonds is 5. The highest BCUT2D eigenvalue weighted by atomic mass is 16.5. The van der Waals surface area contributed by atoms with Crippen molar-refractivity contribution in [2.45, 2.75) is 32.9 Å². The Bertz CT molecular complexity index is 548. The lowest BCUT2D eigenvalue weighted by Gasteiger charge is -2.16. The van der Waals surface area contributed by atoms with Crippen LogP contribution < -0.4 is 10.5 Å². The molecule has 0 fully saturated rings. The second-order valence-electron chi connectivity index (χ2n) is 4.71. The van der Waals surface area contributed by atoms with Crippen LogP contribution in [0.2, 0.25) is 0 Å². The van der Waals surface area contributed by atoms with Crippen LogP contribution in [0.3, 0.4) is 0 Å². The Morgan fingerprint density at radius 2 is 2.21 bits per heavy atom. The first-order valence-electron chi connectivity index (χ1n) is 6.59. The average Bonchev–Trinajstić information content (AvgIpc) is 2.81. The molecule has 0 amide bonds. The fraction of sp³-hybridized carbons (Fsp3) is 0.400. The van der Waals surface area contributed by atoms with Gasteiger partial charge >= 0.3 is 0 Å². The van der Waals surface area contributed by atoms with Gasteiger partial charge in [0.2, 0.25) is 0 Å². The van der Waals surface area contributed by atoms with Crippen molar-refractivity contribution in [2.24, 2.45) is 5.73 Å². The Kier molecular flexibility index (Phi) is 4.22. The zero-order valence-electron chi connectivity index (χ0n) is 11.8. The zero-order valence-corrected chi connectivity index (χ0v) is 11.8. The molecule has 0 radical (unpaired) electrons. The van der Waals surface area contributed by atoms with E-state index in [2.05, 4.69) is 31.1 Å². The molecule has 4 heteroatoms. The predicted octanol–water partition coefficient (Wildman–Crippen LogP) is 2.66. The van der Waals surface area contributed by atoms with Gasteiger partial charge in [-0.3, -0.25) is 4.68 Å². The Hall–Kier alpha value is -1.81. The van der Waals surface area contributed by atoms with Gasteiger partial charge in [-0.1, -0.05) is 36.8 Å². The number of benzene rings is 1. The van der Waals surface area contributed by atoms with E-state index < -0.39 is 0 Å². The normalized spacial score (nSPS) is 12.4. The van der Waals surface area contributed by atoms with Gasteiger partial charge in [0.15, 0.2) is 5.75 Å². The number of nitrogens with two attached hydrogens (primary N) is 1. The quantitative estimate of drug-likeness (QED) is 0.898. The maximum absolute atomic E-state index is 6.40. The third kappa shape index (κ3) is 2.79. The van der Waals surface area contributed by atoms with E-state index in [1.165, 1.54) is 5.56 Å². The van der Waals surface area contributed by atoms with Gasteiger partial charge in [-0.25, -0.2) is 0 Å². The van der Waals surface area contributed by atoms with Crippen molar-refractivity contribution in [3.05, 3.63) is 47.3 Å². The minimum Gasteiger partial charge on any atom is -0.493 e. The van der Waals surface area contributed by atoms with Gasteiger partial charge in [-0.2, -0.15) is 5.10 Å². The molecule has 19 heavy (non-hydrogen) atoms. The highest BCUT2D eigenvalue weighted by molar-refractivity contribution is 5.37. The number of hydrogen-bond acceptors (Lipinski definition) is 3. The molecule has 1 aromatic heterocycles. The molecular formula is C15H21N3O. The first-order chi connectivity index (χ1) is 9.17. The molecule has 1 aromatic carbocycles. The molecule has 0 saturated heterocycles. The monoisotopic (exact) mass is 259 g/mol. The molecule has 1 atom stereocenters. The van der Waals surface area contributed by atoms with Gasteiger partial charge in [-0.15, -0.1) is 0 Å². The van der Waals surface area contributed by atoms with Crippen molar-refractivity contribution in [3.63, 3.8) is 0 Å². The minimum absolute atomic E-state index is 0.219. The summed E-state index contributed by atoms with van der Waals surface area (Å²) in [6, 6.07) is 8.02. The highest BCUT2D eigenvalue weighted by Crippen LogP contribution is 2.28. The van der Waals surface area contributed by atoms with Crippen LogP contribution in [0.4, 0.5) is 0 Å². The molecule has 0 aliphatic carbocycles. The first-order valence-corrected chi connectivity index (χ1v) is 6.59. The van der Waals surface area contributed by atoms with Gasteiger partial charge in [0.25, 0.3) is 0 Å². The Morgan fingerprint density at radius 3 is 2.84 bits per heavy atom. The van der Waals surface area contributed by atoms with Crippen molar-refractivity contribution in [1.29, 1.82) is 0 Å². The smallest absolute Gasteiger partial charge is 0.161 e. The van der Waals surface area contributed by atoms with Crippen LogP contribution in [0.5, 0.6) is 5.75 Å². The predicted molar refractivity (Wildman–Crippen MR) is 76.3 cm³/mol. The van der Waals surface area contributed by atoms with Crippen molar-refractivity contribution >= 4 is 0 Å². The van der Waals surface area contributed by atoms with E-state index >= 15 is 0 Å². The standard InChI is InChI=1S/C15H21N3O/c1-4-8-18-15(13(19-3)10-17-18)14(16)12-7-5-6-11(2)9-12/h5-7,9-10,14H,4,8,16H2,1-3H3. The summed E-state index contributed by atoms with van der Waals surface area (Å²) in [4.78, 5) is 0. The summed E-state index contributed by atoms with van der Waals surface area (Å²) in [5, 5.41) is 4.36. The van der Waals surface area contributed by atoms with Gasteiger partial charge < -0.3 is 10.5 Å². The fourth-order valence-electron chi connectivity index (χ4n) is 2.26. The van der Waals surface area contributed by atoms with Crippen molar-refractivity contribution < 1.29 is 4.74 Å². The van der Waals surface area contributed by atoms with E-state index in [-0.39, 0.29) is 6.04 Å². The van der Waals surface area contributed by atoms with Crippen molar-refractivity contribution in [2.75, 3.05) is 7.11 Å². The second-order valence-corrected chi connectivity index (χ2v) is 4.71. The third-order valence-corrected chi connectivity index (χ3v) is 3.20. The topological polar surface area (TPSA) is 53.1 Å². The number of ether oxygens (including phenoxy) is 1. The highest BCUT2D eigenvalue weighted by Gasteiger charge is 2.20. The molecule has 1 heterocycles. The molecule has 2 aromatic rings. The average molecular weight is 259 g/mol. The molecule has 2 N–H and O–H groups in total. The minimum atomic E-state index is -0.219. The van der Waals surface area contributed by atoms with Crippen molar-refractivity contribution in [1.82, 2.24) is 9.78 Å². The van der Waals surface area contributed by atoms with Crippen LogP contribution >= 0.6 is 0 Å². The number of nitrogens with zero attached hydrogens (tertiary/aromatic N) is 2. The molecule has 0 aliphatic heterocycles. The maximum Gasteiger partial charge on any atom is 0.161 e. The van der Waals surface area contributed by atoms with E-state index in [9.17, 15) is 0 Å². The first kappa shape index (κ1) is 13.6. The van der Waals surface area contributed by atoms with Crippen LogP contribution in [0.15, 0.2) is 30.5 Å². The lowest BCUT2D eigenvalue weighted by atomic mass is 10.0. The van der Waals surface area contributed by atoms with Crippen LogP contribution in [0.25, 0.3) is 0 Å². The van der Waals surface area contributed by atoms with Crippen LogP contribution in [-0.2, 0) is 6.54 Å². The molecule has 0 spiro atoms. The summed E-state index contributed by atoms with van der Waals surface area (Å²) < 4.78 is 7.32. The second kappa shape index (κ2) is 5.89. The summed E-state index contributed by atoms with van der Waals surface area (Å²) in [5.41, 5.74) is 9.62. The number of methoxy groups -OCH3 is 1. The molecule has 0 aliphatic rings.